The van der Waals surface area contributed by atoms with Crippen LogP contribution in [0.3, 0.4) is 0 Å². The highest BCUT2D eigenvalue weighted by molar-refractivity contribution is 7.93. The summed E-state index contributed by atoms with van der Waals surface area (Å²) >= 11 is 6.00. The second kappa shape index (κ2) is 10.5. The van der Waals surface area contributed by atoms with E-state index in [9.17, 15) is 18.0 Å². The lowest BCUT2D eigenvalue weighted by molar-refractivity contribution is -0.157. The number of ether oxygens (including phenoxy) is 2. The minimum absolute atomic E-state index is 0.0862. The molecule has 0 atom stereocenters. The number of carbonyl (C=O) groups is 2. The summed E-state index contributed by atoms with van der Waals surface area (Å²) in [5.41, 5.74) is 0.794. The van der Waals surface area contributed by atoms with Gasteiger partial charge in [0.1, 0.15) is 12.4 Å². The lowest BCUT2D eigenvalue weighted by Gasteiger charge is -2.44. The van der Waals surface area contributed by atoms with Gasteiger partial charge in [0, 0.05) is 61.4 Å². The van der Waals surface area contributed by atoms with Gasteiger partial charge in [-0.15, -0.1) is 0 Å². The summed E-state index contributed by atoms with van der Waals surface area (Å²) in [7, 11) is -2.56. The first-order valence-electron chi connectivity index (χ1n) is 12.4. The molecule has 0 spiro atoms. The first-order valence-corrected chi connectivity index (χ1v) is 14.2. The van der Waals surface area contributed by atoms with E-state index < -0.39 is 15.4 Å². The molecule has 4 heterocycles. The van der Waals surface area contributed by atoms with Gasteiger partial charge in [-0.3, -0.25) is 14.6 Å². The van der Waals surface area contributed by atoms with Crippen LogP contribution in [-0.4, -0.2) is 87.5 Å². The molecular weight excluding hydrogens is 532 g/mol. The molecule has 3 aliphatic heterocycles. The van der Waals surface area contributed by atoms with Crippen molar-refractivity contribution in [1.82, 2.24) is 14.2 Å². The van der Waals surface area contributed by atoms with Crippen molar-refractivity contribution in [3.63, 3.8) is 0 Å². The van der Waals surface area contributed by atoms with Crippen LogP contribution in [0.15, 0.2) is 47.6 Å². The lowest BCUT2D eigenvalue weighted by atomic mass is 9.77. The molecule has 2 saturated heterocycles. The van der Waals surface area contributed by atoms with Crippen molar-refractivity contribution in [2.75, 3.05) is 57.9 Å². The Kier molecular flexibility index (Phi) is 7.34. The molecule has 1 amide bonds. The molecule has 0 N–H and O–H groups in total. The predicted octanol–water partition coefficient (Wildman–Crippen LogP) is 2.40. The molecule has 5 rings (SSSR count). The van der Waals surface area contributed by atoms with Crippen LogP contribution in [-0.2, 0) is 24.3 Å². The lowest BCUT2D eigenvalue weighted by Crippen LogP contribution is -2.58. The zero-order valence-corrected chi connectivity index (χ0v) is 22.6. The van der Waals surface area contributed by atoms with Crippen LogP contribution in [0.5, 0.6) is 5.75 Å². The molecule has 3 aliphatic rings. The molecular formula is C26H29ClN4O6S. The molecule has 2 aromatic rings. The van der Waals surface area contributed by atoms with E-state index >= 15 is 0 Å². The van der Waals surface area contributed by atoms with Crippen LogP contribution >= 0.6 is 11.6 Å². The number of methoxy groups -OCH3 is 1. The van der Waals surface area contributed by atoms with Gasteiger partial charge in [-0.05, 0) is 49.2 Å². The third kappa shape index (κ3) is 5.10. The number of rotatable bonds is 6. The molecule has 0 unspecified atom stereocenters. The van der Waals surface area contributed by atoms with Crippen molar-refractivity contribution in [3.05, 3.63) is 58.2 Å². The van der Waals surface area contributed by atoms with Gasteiger partial charge in [-0.1, -0.05) is 11.6 Å². The maximum absolute atomic E-state index is 13.3. The van der Waals surface area contributed by atoms with E-state index in [1.165, 1.54) is 11.4 Å². The number of amides is 1. The van der Waals surface area contributed by atoms with E-state index in [0.29, 0.717) is 42.3 Å². The molecule has 10 nitrogen and oxygen atoms in total. The van der Waals surface area contributed by atoms with E-state index in [2.05, 4.69) is 9.88 Å². The van der Waals surface area contributed by atoms with Crippen LogP contribution in [0, 0.1) is 5.41 Å². The van der Waals surface area contributed by atoms with Gasteiger partial charge in [-0.25, -0.2) is 8.42 Å². The molecule has 0 bridgehead atoms. The molecule has 2 fully saturated rings. The van der Waals surface area contributed by atoms with Crippen LogP contribution in [0.4, 0.5) is 5.69 Å². The Balaban J connectivity index is 1.26. The van der Waals surface area contributed by atoms with Gasteiger partial charge in [0.2, 0.25) is 15.9 Å². The van der Waals surface area contributed by atoms with Gasteiger partial charge >= 0.3 is 5.97 Å². The molecule has 0 radical (unpaired) electrons. The van der Waals surface area contributed by atoms with Crippen molar-refractivity contribution in [1.29, 1.82) is 0 Å². The summed E-state index contributed by atoms with van der Waals surface area (Å²) < 4.78 is 38.7. The SMILES string of the molecule is COC(=O)C1(CN2CCN(S(=O)(=O)C3=Cc4ccc(Cl)cc4OC3)CC2=O)CCN(c2ccncc2)CC1. The number of halogens is 1. The number of fused-ring (bicyclic) bond motifs is 1. The highest BCUT2D eigenvalue weighted by atomic mass is 35.5. The number of benzene rings is 1. The van der Waals surface area contributed by atoms with Crippen molar-refractivity contribution >= 4 is 45.3 Å². The third-order valence-corrected chi connectivity index (χ3v) is 9.60. The smallest absolute Gasteiger partial charge is 0.313 e. The Morgan fingerprint density at radius 2 is 1.87 bits per heavy atom. The van der Waals surface area contributed by atoms with Crippen molar-refractivity contribution in [3.8, 4) is 5.75 Å². The predicted molar refractivity (Wildman–Crippen MR) is 142 cm³/mol. The maximum atomic E-state index is 13.3. The topological polar surface area (TPSA) is 109 Å². The number of hydrogen-bond donors (Lipinski definition) is 0. The number of hydrogen-bond acceptors (Lipinski definition) is 8. The largest absolute Gasteiger partial charge is 0.487 e. The zero-order valence-electron chi connectivity index (χ0n) is 21.0. The van der Waals surface area contributed by atoms with E-state index in [4.69, 9.17) is 21.1 Å². The van der Waals surface area contributed by atoms with Crippen molar-refractivity contribution in [2.45, 2.75) is 12.8 Å². The Morgan fingerprint density at radius 1 is 1.13 bits per heavy atom. The number of anilines is 1. The number of nitrogens with zero attached hydrogens (tertiary/aromatic N) is 4. The zero-order chi connectivity index (χ0) is 26.9. The fourth-order valence-electron chi connectivity index (χ4n) is 5.25. The Bertz CT molecular complexity index is 1360. The van der Waals surface area contributed by atoms with E-state index in [0.717, 1.165) is 5.69 Å². The minimum Gasteiger partial charge on any atom is -0.487 e. The standard InChI is InChI=1S/C26H29ClN4O6S/c1-36-25(33)26(6-10-29(11-7-26)21-4-8-28-9-5-21)18-30-12-13-31(16-24(30)32)38(34,35)22-14-19-2-3-20(27)15-23(19)37-17-22/h2-5,8-9,14-15H,6-7,10-13,16-18H2,1H3. The Labute approximate surface area is 226 Å². The van der Waals surface area contributed by atoms with E-state index in [1.54, 1.807) is 41.6 Å². The maximum Gasteiger partial charge on any atom is 0.313 e. The fourth-order valence-corrected chi connectivity index (χ4v) is 6.83. The highest BCUT2D eigenvalue weighted by Gasteiger charge is 2.46. The number of aromatic nitrogens is 1. The minimum atomic E-state index is -3.92. The summed E-state index contributed by atoms with van der Waals surface area (Å²) in [6, 6.07) is 8.85. The normalized spacial score (nSPS) is 19.8. The van der Waals surface area contributed by atoms with Gasteiger partial charge in [0.05, 0.1) is 24.0 Å². The number of pyridine rings is 1. The van der Waals surface area contributed by atoms with Gasteiger partial charge < -0.3 is 19.3 Å². The fraction of sp³-hybridized carbons (Fsp3) is 0.423. The van der Waals surface area contributed by atoms with Gasteiger partial charge in [0.15, 0.2) is 0 Å². The monoisotopic (exact) mass is 560 g/mol. The number of piperidine rings is 1. The summed E-state index contributed by atoms with van der Waals surface area (Å²) in [6.07, 6.45) is 6.05. The average Bonchev–Trinajstić information content (AvgIpc) is 2.94. The van der Waals surface area contributed by atoms with Gasteiger partial charge in [0.25, 0.3) is 0 Å². The molecule has 1 aromatic heterocycles. The summed E-state index contributed by atoms with van der Waals surface area (Å²) in [5, 5.41) is 0.498. The van der Waals surface area contributed by atoms with Crippen LogP contribution in [0.25, 0.3) is 6.08 Å². The first kappa shape index (κ1) is 26.5. The van der Waals surface area contributed by atoms with E-state index in [-0.39, 0.29) is 49.6 Å². The highest BCUT2D eigenvalue weighted by Crippen LogP contribution is 2.37. The molecule has 202 valence electrons. The van der Waals surface area contributed by atoms with E-state index in [1.807, 2.05) is 12.1 Å². The Morgan fingerprint density at radius 3 is 2.55 bits per heavy atom. The number of piperazine rings is 1. The summed E-state index contributed by atoms with van der Waals surface area (Å²) in [4.78, 5) is 34.0. The van der Waals surface area contributed by atoms with Crippen LogP contribution in [0.1, 0.15) is 18.4 Å². The third-order valence-electron chi connectivity index (χ3n) is 7.48. The molecule has 38 heavy (non-hydrogen) atoms. The van der Waals surface area contributed by atoms with Crippen molar-refractivity contribution in [2.24, 2.45) is 5.41 Å². The van der Waals surface area contributed by atoms with Crippen molar-refractivity contribution < 1.29 is 27.5 Å². The molecule has 0 saturated carbocycles. The molecule has 1 aromatic carbocycles. The van der Waals surface area contributed by atoms with Gasteiger partial charge in [-0.2, -0.15) is 4.31 Å². The molecule has 12 heteroatoms. The summed E-state index contributed by atoms with van der Waals surface area (Å²) in [6.45, 7) is 1.32. The Hall–Kier alpha value is -3.15. The van der Waals surface area contributed by atoms with Crippen LogP contribution in [0.2, 0.25) is 5.02 Å². The number of sulfonamides is 1. The second-order valence-corrected chi connectivity index (χ2v) is 12.1. The van der Waals surface area contributed by atoms with Crippen LogP contribution < -0.4 is 9.64 Å². The average molecular weight is 561 g/mol. The molecule has 0 aliphatic carbocycles. The quantitative estimate of drug-likeness (QED) is 0.496. The first-order chi connectivity index (χ1) is 18.2. The summed E-state index contributed by atoms with van der Waals surface area (Å²) in [5.74, 6) is -0.178. The number of carbonyl (C=O) groups excluding carboxylic acids is 2. The second-order valence-electron chi connectivity index (χ2n) is 9.70. The number of esters is 1.